The van der Waals surface area contributed by atoms with Crippen LogP contribution in [0, 0.1) is 5.92 Å². The Bertz CT molecular complexity index is 928. The van der Waals surface area contributed by atoms with Gasteiger partial charge in [0.1, 0.15) is 12.4 Å². The predicted octanol–water partition coefficient (Wildman–Crippen LogP) is 4.25. The lowest BCUT2D eigenvalue weighted by atomic mass is 9.96. The van der Waals surface area contributed by atoms with E-state index in [9.17, 15) is 4.79 Å². The zero-order valence-corrected chi connectivity index (χ0v) is 16.7. The molecule has 4 nitrogen and oxygen atoms in total. The molecule has 4 heteroatoms. The van der Waals surface area contributed by atoms with Crippen LogP contribution >= 0.6 is 0 Å². The molecule has 150 valence electrons. The summed E-state index contributed by atoms with van der Waals surface area (Å²) >= 11 is 0. The number of rotatable bonds is 7. The van der Waals surface area contributed by atoms with E-state index < -0.39 is 0 Å². The largest absolute Gasteiger partial charge is 0.492 e. The monoisotopic (exact) mass is 388 g/mol. The number of likely N-dealkylation sites (tertiary alicyclic amines) is 1. The second kappa shape index (κ2) is 9.57. The van der Waals surface area contributed by atoms with Crippen molar-refractivity contribution in [1.82, 2.24) is 10.2 Å². The number of nitrogens with one attached hydrogen (secondary N) is 1. The normalized spacial score (nSPS) is 15.3. The van der Waals surface area contributed by atoms with Crippen LogP contribution in [-0.4, -0.2) is 37.0 Å². The van der Waals surface area contributed by atoms with Gasteiger partial charge < -0.3 is 10.1 Å². The Labute approximate surface area is 172 Å². The van der Waals surface area contributed by atoms with Gasteiger partial charge in [0.05, 0.1) is 0 Å². The summed E-state index contributed by atoms with van der Waals surface area (Å²) in [7, 11) is 0. The van der Waals surface area contributed by atoms with E-state index in [1.165, 1.54) is 5.39 Å². The summed E-state index contributed by atoms with van der Waals surface area (Å²) in [5.41, 5.74) is 1.14. The van der Waals surface area contributed by atoms with Gasteiger partial charge in [0.15, 0.2) is 0 Å². The number of hydrogen-bond acceptors (Lipinski definition) is 3. The highest BCUT2D eigenvalue weighted by Crippen LogP contribution is 2.25. The van der Waals surface area contributed by atoms with Crippen LogP contribution in [0.25, 0.3) is 10.8 Å². The number of carbonyl (C=O) groups is 1. The quantitative estimate of drug-likeness (QED) is 0.658. The number of benzene rings is 3. The van der Waals surface area contributed by atoms with E-state index in [0.29, 0.717) is 13.2 Å². The Morgan fingerprint density at radius 2 is 1.66 bits per heavy atom. The summed E-state index contributed by atoms with van der Waals surface area (Å²) in [6, 6.07) is 24.6. The molecule has 4 rings (SSSR count). The molecule has 1 aliphatic heterocycles. The average Bonchev–Trinajstić information content (AvgIpc) is 2.79. The van der Waals surface area contributed by atoms with E-state index >= 15 is 0 Å². The van der Waals surface area contributed by atoms with Crippen molar-refractivity contribution in [2.45, 2.75) is 19.4 Å². The van der Waals surface area contributed by atoms with Gasteiger partial charge in [0, 0.05) is 24.4 Å². The van der Waals surface area contributed by atoms with Gasteiger partial charge in [-0.15, -0.1) is 0 Å². The number of ether oxygens (including phenoxy) is 1. The van der Waals surface area contributed by atoms with Gasteiger partial charge in [0.25, 0.3) is 0 Å². The van der Waals surface area contributed by atoms with E-state index in [2.05, 4.69) is 28.4 Å². The first-order valence-corrected chi connectivity index (χ1v) is 10.4. The first-order valence-electron chi connectivity index (χ1n) is 10.4. The molecule has 0 bridgehead atoms. The molecule has 0 atom stereocenters. The molecule has 3 aromatic rings. The molecule has 3 aromatic carbocycles. The second-order valence-electron chi connectivity index (χ2n) is 7.65. The van der Waals surface area contributed by atoms with Crippen LogP contribution in [0.1, 0.15) is 18.4 Å². The number of carbonyl (C=O) groups excluding carboxylic acids is 1. The van der Waals surface area contributed by atoms with Gasteiger partial charge in [0.2, 0.25) is 5.91 Å². The fourth-order valence-electron chi connectivity index (χ4n) is 3.95. The molecule has 1 saturated heterocycles. The van der Waals surface area contributed by atoms with Gasteiger partial charge in [-0.2, -0.15) is 0 Å². The van der Waals surface area contributed by atoms with Crippen molar-refractivity contribution < 1.29 is 9.53 Å². The SMILES string of the molecule is O=C(NCc1ccccc1)C1CCN(CCOc2cccc3ccccc23)CC1. The van der Waals surface area contributed by atoms with Crippen LogP contribution in [0.5, 0.6) is 5.75 Å². The highest BCUT2D eigenvalue weighted by atomic mass is 16.5. The zero-order chi connectivity index (χ0) is 19.9. The van der Waals surface area contributed by atoms with Crippen LogP contribution in [0.15, 0.2) is 72.8 Å². The smallest absolute Gasteiger partial charge is 0.223 e. The minimum atomic E-state index is 0.119. The summed E-state index contributed by atoms with van der Waals surface area (Å²) in [5, 5.41) is 5.44. The molecule has 1 aliphatic rings. The molecule has 0 spiro atoms. The highest BCUT2D eigenvalue weighted by Gasteiger charge is 2.24. The molecule has 0 aromatic heterocycles. The molecule has 0 radical (unpaired) electrons. The van der Waals surface area contributed by atoms with Crippen LogP contribution < -0.4 is 10.1 Å². The van der Waals surface area contributed by atoms with E-state index in [0.717, 1.165) is 49.2 Å². The van der Waals surface area contributed by atoms with Crippen LogP contribution in [0.3, 0.4) is 0 Å². The Morgan fingerprint density at radius 3 is 2.48 bits per heavy atom. The van der Waals surface area contributed by atoms with Crippen molar-refractivity contribution in [3.8, 4) is 5.75 Å². The zero-order valence-electron chi connectivity index (χ0n) is 16.7. The van der Waals surface area contributed by atoms with Crippen molar-refractivity contribution >= 4 is 16.7 Å². The summed E-state index contributed by atoms with van der Waals surface area (Å²) in [6.45, 7) is 4.06. The number of nitrogens with zero attached hydrogens (tertiary/aromatic N) is 1. The third-order valence-electron chi connectivity index (χ3n) is 5.68. The van der Waals surface area contributed by atoms with Gasteiger partial charge in [-0.3, -0.25) is 9.69 Å². The van der Waals surface area contributed by atoms with Crippen molar-refractivity contribution in [3.05, 3.63) is 78.4 Å². The molecule has 1 amide bonds. The fraction of sp³-hybridized carbons (Fsp3) is 0.320. The first-order chi connectivity index (χ1) is 14.3. The Morgan fingerprint density at radius 1 is 0.931 bits per heavy atom. The second-order valence-corrected chi connectivity index (χ2v) is 7.65. The number of fused-ring (bicyclic) bond motifs is 1. The van der Waals surface area contributed by atoms with E-state index in [1.54, 1.807) is 0 Å². The molecule has 1 fully saturated rings. The first kappa shape index (κ1) is 19.5. The summed E-state index contributed by atoms with van der Waals surface area (Å²) in [4.78, 5) is 14.8. The lowest BCUT2D eigenvalue weighted by molar-refractivity contribution is -0.126. The lowest BCUT2D eigenvalue weighted by Crippen LogP contribution is -2.41. The van der Waals surface area contributed by atoms with Crippen molar-refractivity contribution in [3.63, 3.8) is 0 Å². The average molecular weight is 389 g/mol. The number of amides is 1. The third-order valence-corrected chi connectivity index (χ3v) is 5.68. The molecule has 0 aliphatic carbocycles. The number of piperidine rings is 1. The third kappa shape index (κ3) is 5.15. The van der Waals surface area contributed by atoms with E-state index in [1.807, 2.05) is 54.6 Å². The Hall–Kier alpha value is -2.85. The maximum Gasteiger partial charge on any atom is 0.223 e. The van der Waals surface area contributed by atoms with Crippen LogP contribution in [0.2, 0.25) is 0 Å². The molecule has 0 unspecified atom stereocenters. The van der Waals surface area contributed by atoms with Crippen LogP contribution in [-0.2, 0) is 11.3 Å². The molecule has 1 heterocycles. The topological polar surface area (TPSA) is 41.6 Å². The predicted molar refractivity (Wildman–Crippen MR) is 117 cm³/mol. The fourth-order valence-corrected chi connectivity index (χ4v) is 3.95. The maximum atomic E-state index is 12.4. The van der Waals surface area contributed by atoms with E-state index in [4.69, 9.17) is 4.74 Å². The van der Waals surface area contributed by atoms with E-state index in [-0.39, 0.29) is 11.8 Å². The van der Waals surface area contributed by atoms with Crippen LogP contribution in [0.4, 0.5) is 0 Å². The van der Waals surface area contributed by atoms with Gasteiger partial charge in [-0.05, 0) is 42.9 Å². The maximum absolute atomic E-state index is 12.4. The van der Waals surface area contributed by atoms with Gasteiger partial charge in [-0.25, -0.2) is 0 Å². The summed E-state index contributed by atoms with van der Waals surface area (Å²) in [5.74, 6) is 1.24. The molecular formula is C25H28N2O2. The molecular weight excluding hydrogens is 360 g/mol. The Kier molecular flexibility index (Phi) is 6.42. The van der Waals surface area contributed by atoms with Gasteiger partial charge in [-0.1, -0.05) is 66.7 Å². The lowest BCUT2D eigenvalue weighted by Gasteiger charge is -2.31. The summed E-state index contributed by atoms with van der Waals surface area (Å²) in [6.07, 6.45) is 1.82. The standard InChI is InChI=1S/C25H28N2O2/c28-25(26-19-20-7-2-1-3-8-20)22-13-15-27(16-14-22)17-18-29-24-12-6-10-21-9-4-5-11-23(21)24/h1-12,22H,13-19H2,(H,26,28). The van der Waals surface area contributed by atoms with Crippen molar-refractivity contribution in [2.75, 3.05) is 26.2 Å². The minimum absolute atomic E-state index is 0.119. The van der Waals surface area contributed by atoms with Crippen molar-refractivity contribution in [2.24, 2.45) is 5.92 Å². The highest BCUT2D eigenvalue weighted by molar-refractivity contribution is 5.88. The summed E-state index contributed by atoms with van der Waals surface area (Å²) < 4.78 is 6.06. The number of hydrogen-bond donors (Lipinski definition) is 1. The Balaban J connectivity index is 1.19. The molecule has 29 heavy (non-hydrogen) atoms. The minimum Gasteiger partial charge on any atom is -0.492 e. The van der Waals surface area contributed by atoms with Gasteiger partial charge >= 0.3 is 0 Å². The van der Waals surface area contributed by atoms with Crippen molar-refractivity contribution in [1.29, 1.82) is 0 Å². The molecule has 1 N–H and O–H groups in total. The molecule has 0 saturated carbocycles.